The van der Waals surface area contributed by atoms with Crippen molar-refractivity contribution in [3.63, 3.8) is 0 Å². The molecule has 0 saturated carbocycles. The molecule has 0 radical (unpaired) electrons. The van der Waals surface area contributed by atoms with Crippen LogP contribution in [0, 0.1) is 5.92 Å². The Morgan fingerprint density at radius 1 is 1.29 bits per heavy atom. The highest BCUT2D eigenvalue weighted by Crippen LogP contribution is 2.31. The van der Waals surface area contributed by atoms with Crippen LogP contribution in [0.5, 0.6) is 0 Å². The molecule has 3 rings (SSSR count). The summed E-state index contributed by atoms with van der Waals surface area (Å²) in [5.74, 6) is -0.450. The molecule has 1 unspecified atom stereocenters. The standard InChI is InChI=1S/C18H18ClN3O2/c1-21(11-13-6-8-20-9-7-13)18(24)14-10-17(23)22(12-14)16-5-3-2-4-15(16)19/h2-9,14H,10-12H2,1H3. The summed E-state index contributed by atoms with van der Waals surface area (Å²) in [6, 6.07) is 10.9. The third-order valence-electron chi connectivity index (χ3n) is 4.16. The minimum atomic E-state index is -0.347. The molecule has 2 amide bonds. The van der Waals surface area contributed by atoms with Gasteiger partial charge < -0.3 is 9.80 Å². The molecule has 0 aliphatic carbocycles. The molecule has 6 heteroatoms. The number of benzene rings is 1. The van der Waals surface area contributed by atoms with E-state index in [0.717, 1.165) is 5.56 Å². The maximum absolute atomic E-state index is 12.7. The summed E-state index contributed by atoms with van der Waals surface area (Å²) in [5.41, 5.74) is 1.67. The smallest absolute Gasteiger partial charge is 0.228 e. The van der Waals surface area contributed by atoms with E-state index in [-0.39, 0.29) is 24.2 Å². The monoisotopic (exact) mass is 343 g/mol. The molecular weight excluding hydrogens is 326 g/mol. The minimum Gasteiger partial charge on any atom is -0.341 e. The summed E-state index contributed by atoms with van der Waals surface area (Å²) in [5, 5.41) is 0.518. The number of hydrogen-bond donors (Lipinski definition) is 0. The van der Waals surface area contributed by atoms with E-state index >= 15 is 0 Å². The van der Waals surface area contributed by atoms with E-state index in [0.29, 0.717) is 23.8 Å². The van der Waals surface area contributed by atoms with Crippen molar-refractivity contribution in [2.24, 2.45) is 5.92 Å². The zero-order chi connectivity index (χ0) is 17.1. The molecule has 0 bridgehead atoms. The van der Waals surface area contributed by atoms with E-state index < -0.39 is 0 Å². The lowest BCUT2D eigenvalue weighted by Crippen LogP contribution is -2.34. The fourth-order valence-electron chi connectivity index (χ4n) is 2.93. The van der Waals surface area contributed by atoms with E-state index in [4.69, 9.17) is 11.6 Å². The number of nitrogens with zero attached hydrogens (tertiary/aromatic N) is 3. The molecule has 0 N–H and O–H groups in total. The zero-order valence-electron chi connectivity index (χ0n) is 13.4. The van der Waals surface area contributed by atoms with Crippen molar-refractivity contribution in [1.82, 2.24) is 9.88 Å². The summed E-state index contributed by atoms with van der Waals surface area (Å²) >= 11 is 6.17. The van der Waals surface area contributed by atoms with Crippen LogP contribution in [0.2, 0.25) is 5.02 Å². The summed E-state index contributed by atoms with van der Waals surface area (Å²) in [4.78, 5) is 32.2. The first-order valence-electron chi connectivity index (χ1n) is 7.75. The molecular formula is C18H18ClN3O2. The molecule has 1 aliphatic rings. The number of carbonyl (C=O) groups is 2. The van der Waals surface area contributed by atoms with Gasteiger partial charge in [-0.2, -0.15) is 0 Å². The second kappa shape index (κ2) is 7.01. The van der Waals surface area contributed by atoms with Crippen LogP contribution in [0.1, 0.15) is 12.0 Å². The van der Waals surface area contributed by atoms with Gasteiger partial charge in [0, 0.05) is 39.0 Å². The molecule has 124 valence electrons. The number of pyridine rings is 1. The predicted octanol–water partition coefficient (Wildman–Crippen LogP) is 2.75. The third kappa shape index (κ3) is 3.41. The average molecular weight is 344 g/mol. The normalized spacial score (nSPS) is 17.2. The van der Waals surface area contributed by atoms with Crippen LogP contribution >= 0.6 is 11.6 Å². The molecule has 2 heterocycles. The topological polar surface area (TPSA) is 53.5 Å². The Hall–Kier alpha value is -2.40. The lowest BCUT2D eigenvalue weighted by molar-refractivity contribution is -0.135. The molecule has 1 aromatic carbocycles. The summed E-state index contributed by atoms with van der Waals surface area (Å²) in [7, 11) is 1.76. The van der Waals surface area contributed by atoms with Gasteiger partial charge in [0.1, 0.15) is 0 Å². The molecule has 1 saturated heterocycles. The average Bonchev–Trinajstić information content (AvgIpc) is 2.97. The van der Waals surface area contributed by atoms with Gasteiger partial charge in [0.15, 0.2) is 0 Å². The number of aromatic nitrogens is 1. The molecule has 0 spiro atoms. The third-order valence-corrected chi connectivity index (χ3v) is 4.48. The Morgan fingerprint density at radius 3 is 2.71 bits per heavy atom. The van der Waals surface area contributed by atoms with Gasteiger partial charge in [-0.25, -0.2) is 0 Å². The summed E-state index contributed by atoms with van der Waals surface area (Å²) in [6.45, 7) is 0.861. The van der Waals surface area contributed by atoms with Crippen molar-refractivity contribution in [2.45, 2.75) is 13.0 Å². The number of anilines is 1. The number of hydrogen-bond acceptors (Lipinski definition) is 3. The highest BCUT2D eigenvalue weighted by molar-refractivity contribution is 6.33. The minimum absolute atomic E-state index is 0.0327. The van der Waals surface area contributed by atoms with E-state index in [9.17, 15) is 9.59 Å². The maximum atomic E-state index is 12.7. The largest absolute Gasteiger partial charge is 0.341 e. The Kier molecular flexibility index (Phi) is 4.81. The number of amides is 2. The van der Waals surface area contributed by atoms with Gasteiger partial charge in [0.25, 0.3) is 0 Å². The molecule has 1 atom stereocenters. The van der Waals surface area contributed by atoms with Gasteiger partial charge >= 0.3 is 0 Å². The van der Waals surface area contributed by atoms with Crippen molar-refractivity contribution >= 4 is 29.1 Å². The van der Waals surface area contributed by atoms with Crippen molar-refractivity contribution < 1.29 is 9.59 Å². The number of carbonyl (C=O) groups excluding carboxylic acids is 2. The molecule has 1 aromatic heterocycles. The van der Waals surface area contributed by atoms with Crippen LogP contribution < -0.4 is 4.90 Å². The van der Waals surface area contributed by atoms with Crippen LogP contribution in [0.25, 0.3) is 0 Å². The van der Waals surface area contributed by atoms with Gasteiger partial charge in [-0.1, -0.05) is 23.7 Å². The SMILES string of the molecule is CN(Cc1ccncc1)C(=O)C1CC(=O)N(c2ccccc2Cl)C1. The molecule has 24 heavy (non-hydrogen) atoms. The second-order valence-electron chi connectivity index (χ2n) is 5.91. The Morgan fingerprint density at radius 2 is 2.00 bits per heavy atom. The van der Waals surface area contributed by atoms with E-state index in [1.165, 1.54) is 0 Å². The van der Waals surface area contributed by atoms with Gasteiger partial charge in [-0.05, 0) is 29.8 Å². The molecule has 5 nitrogen and oxygen atoms in total. The second-order valence-corrected chi connectivity index (χ2v) is 6.31. The van der Waals surface area contributed by atoms with E-state index in [1.807, 2.05) is 24.3 Å². The van der Waals surface area contributed by atoms with Crippen molar-refractivity contribution in [2.75, 3.05) is 18.5 Å². The van der Waals surface area contributed by atoms with Gasteiger partial charge in [0.05, 0.1) is 16.6 Å². The fraction of sp³-hybridized carbons (Fsp3) is 0.278. The lowest BCUT2D eigenvalue weighted by atomic mass is 10.1. The Balaban J connectivity index is 1.69. The number of rotatable bonds is 4. The van der Waals surface area contributed by atoms with Crippen LogP contribution in [0.15, 0.2) is 48.8 Å². The Labute approximate surface area is 145 Å². The molecule has 1 fully saturated rings. The zero-order valence-corrected chi connectivity index (χ0v) is 14.1. The first kappa shape index (κ1) is 16.5. The number of halogens is 1. The van der Waals surface area contributed by atoms with Crippen LogP contribution in [0.3, 0.4) is 0 Å². The van der Waals surface area contributed by atoms with Gasteiger partial charge in [0.2, 0.25) is 11.8 Å². The van der Waals surface area contributed by atoms with Gasteiger partial charge in [-0.3, -0.25) is 14.6 Å². The highest BCUT2D eigenvalue weighted by Gasteiger charge is 2.37. The van der Waals surface area contributed by atoms with Crippen LogP contribution in [-0.2, 0) is 16.1 Å². The summed E-state index contributed by atoms with van der Waals surface area (Å²) in [6.07, 6.45) is 3.61. The number of para-hydroxylation sites is 1. The first-order valence-corrected chi connectivity index (χ1v) is 8.13. The van der Waals surface area contributed by atoms with Crippen LogP contribution in [0.4, 0.5) is 5.69 Å². The molecule has 2 aromatic rings. The fourth-order valence-corrected chi connectivity index (χ4v) is 3.17. The lowest BCUT2D eigenvalue weighted by Gasteiger charge is -2.22. The van der Waals surface area contributed by atoms with E-state index in [2.05, 4.69) is 4.98 Å². The van der Waals surface area contributed by atoms with Gasteiger partial charge in [-0.15, -0.1) is 0 Å². The van der Waals surface area contributed by atoms with Crippen molar-refractivity contribution in [3.8, 4) is 0 Å². The Bertz CT molecular complexity index is 751. The van der Waals surface area contributed by atoms with Crippen LogP contribution in [-0.4, -0.2) is 35.3 Å². The van der Waals surface area contributed by atoms with Crippen molar-refractivity contribution in [3.05, 3.63) is 59.4 Å². The first-order chi connectivity index (χ1) is 11.6. The quantitative estimate of drug-likeness (QED) is 0.857. The predicted molar refractivity (Wildman–Crippen MR) is 92.6 cm³/mol. The van der Waals surface area contributed by atoms with Crippen molar-refractivity contribution in [1.29, 1.82) is 0 Å². The molecule has 1 aliphatic heterocycles. The highest BCUT2D eigenvalue weighted by atomic mass is 35.5. The maximum Gasteiger partial charge on any atom is 0.228 e. The van der Waals surface area contributed by atoms with E-state index in [1.54, 1.807) is 41.4 Å². The summed E-state index contributed by atoms with van der Waals surface area (Å²) < 4.78 is 0.